The highest BCUT2D eigenvalue weighted by Gasteiger charge is 2.51. The molecule has 0 radical (unpaired) electrons. The second kappa shape index (κ2) is 5.37. The highest BCUT2D eigenvalue weighted by molar-refractivity contribution is 5.05. The summed E-state index contributed by atoms with van der Waals surface area (Å²) in [6.45, 7) is 16.0. The summed E-state index contributed by atoms with van der Waals surface area (Å²) < 4.78 is 6.04. The van der Waals surface area contributed by atoms with Crippen LogP contribution in [0.15, 0.2) is 0 Å². The molecular weight excluding hydrogens is 234 g/mol. The van der Waals surface area contributed by atoms with Crippen molar-refractivity contribution in [2.75, 3.05) is 13.2 Å². The lowest BCUT2D eigenvalue weighted by Crippen LogP contribution is -2.61. The normalized spacial score (nSPS) is 31.6. The second-order valence-electron chi connectivity index (χ2n) is 8.22. The van der Waals surface area contributed by atoms with E-state index in [1.165, 1.54) is 25.8 Å². The monoisotopic (exact) mass is 267 g/mol. The Balaban J connectivity index is 1.75. The molecule has 0 bridgehead atoms. The number of hydrogen-bond donors (Lipinski definition) is 1. The van der Waals surface area contributed by atoms with Crippen molar-refractivity contribution < 1.29 is 4.74 Å². The molecule has 2 fully saturated rings. The molecule has 0 heterocycles. The molecule has 0 aromatic rings. The zero-order valence-corrected chi connectivity index (χ0v) is 13.8. The van der Waals surface area contributed by atoms with Crippen LogP contribution >= 0.6 is 0 Å². The Hall–Kier alpha value is -0.0800. The van der Waals surface area contributed by atoms with E-state index in [4.69, 9.17) is 4.74 Å². The Morgan fingerprint density at radius 3 is 2.21 bits per heavy atom. The molecule has 0 spiro atoms. The zero-order valence-electron chi connectivity index (χ0n) is 13.8. The molecular formula is C17H33NO. The summed E-state index contributed by atoms with van der Waals surface area (Å²) in [4.78, 5) is 0. The van der Waals surface area contributed by atoms with Gasteiger partial charge in [0.15, 0.2) is 0 Å². The van der Waals surface area contributed by atoms with Gasteiger partial charge in [-0.05, 0) is 36.5 Å². The van der Waals surface area contributed by atoms with Crippen molar-refractivity contribution in [1.82, 2.24) is 5.32 Å². The van der Waals surface area contributed by atoms with E-state index in [1.807, 2.05) is 0 Å². The summed E-state index contributed by atoms with van der Waals surface area (Å²) in [6, 6.07) is 0.640. The average molecular weight is 267 g/mol. The predicted molar refractivity (Wildman–Crippen MR) is 81.3 cm³/mol. The molecule has 0 aliphatic heterocycles. The summed E-state index contributed by atoms with van der Waals surface area (Å²) in [5, 5.41) is 3.83. The van der Waals surface area contributed by atoms with E-state index in [1.54, 1.807) is 0 Å². The molecule has 0 aromatic heterocycles. The minimum absolute atomic E-state index is 0.294. The highest BCUT2D eigenvalue weighted by Crippen LogP contribution is 2.52. The summed E-state index contributed by atoms with van der Waals surface area (Å²) in [7, 11) is 0. The van der Waals surface area contributed by atoms with Crippen LogP contribution < -0.4 is 5.32 Å². The summed E-state index contributed by atoms with van der Waals surface area (Å²) in [6.07, 6.45) is 4.46. The second-order valence-corrected chi connectivity index (χ2v) is 8.22. The van der Waals surface area contributed by atoms with Crippen LogP contribution in [0.2, 0.25) is 0 Å². The molecule has 0 saturated heterocycles. The molecule has 0 amide bonds. The minimum atomic E-state index is 0.294. The molecule has 2 atom stereocenters. The van der Waals surface area contributed by atoms with Crippen molar-refractivity contribution in [3.05, 3.63) is 0 Å². The Kier molecular flexibility index (Phi) is 4.32. The van der Waals surface area contributed by atoms with Gasteiger partial charge in [-0.15, -0.1) is 0 Å². The smallest absolute Gasteiger partial charge is 0.0656 e. The molecule has 1 N–H and O–H groups in total. The van der Waals surface area contributed by atoms with Gasteiger partial charge in [0.2, 0.25) is 0 Å². The topological polar surface area (TPSA) is 21.3 Å². The third kappa shape index (κ3) is 3.16. The molecule has 2 nitrogen and oxygen atoms in total. The van der Waals surface area contributed by atoms with Gasteiger partial charge in [-0.3, -0.25) is 0 Å². The fourth-order valence-electron chi connectivity index (χ4n) is 3.27. The van der Waals surface area contributed by atoms with Gasteiger partial charge in [0, 0.05) is 24.6 Å². The standard InChI is InChI=1S/C17H33NO/c1-12(2)10-19-15-9-14(16(15,5)6)18-11-17(7-8-17)13(3)4/h12-15,18H,7-11H2,1-6H3. The van der Waals surface area contributed by atoms with E-state index in [-0.39, 0.29) is 0 Å². The number of hydrogen-bond acceptors (Lipinski definition) is 2. The van der Waals surface area contributed by atoms with Crippen LogP contribution in [0.1, 0.15) is 60.8 Å². The quantitative estimate of drug-likeness (QED) is 0.756. The molecule has 0 aromatic carbocycles. The predicted octanol–water partition coefficient (Wildman–Crippen LogP) is 3.85. The molecule has 2 aliphatic rings. The van der Waals surface area contributed by atoms with Gasteiger partial charge in [0.1, 0.15) is 0 Å². The van der Waals surface area contributed by atoms with Gasteiger partial charge in [-0.2, -0.15) is 0 Å². The summed E-state index contributed by atoms with van der Waals surface area (Å²) in [5.74, 6) is 1.45. The maximum atomic E-state index is 6.04. The lowest BCUT2D eigenvalue weighted by molar-refractivity contribution is -0.124. The van der Waals surface area contributed by atoms with Crippen LogP contribution in [-0.4, -0.2) is 25.3 Å². The number of rotatable bonds is 7. The van der Waals surface area contributed by atoms with E-state index in [2.05, 4.69) is 46.9 Å². The van der Waals surface area contributed by atoms with Crippen molar-refractivity contribution >= 4 is 0 Å². The Labute approximate surface area is 119 Å². The molecule has 2 unspecified atom stereocenters. The van der Waals surface area contributed by atoms with Crippen molar-refractivity contribution in [1.29, 1.82) is 0 Å². The fraction of sp³-hybridized carbons (Fsp3) is 1.00. The van der Waals surface area contributed by atoms with Crippen LogP contribution in [0.5, 0.6) is 0 Å². The molecule has 2 saturated carbocycles. The van der Waals surface area contributed by atoms with Crippen LogP contribution in [0.25, 0.3) is 0 Å². The number of ether oxygens (including phenoxy) is 1. The average Bonchev–Trinajstić information content (AvgIpc) is 3.07. The van der Waals surface area contributed by atoms with Crippen molar-refractivity contribution in [3.8, 4) is 0 Å². The van der Waals surface area contributed by atoms with Gasteiger partial charge in [0.05, 0.1) is 6.10 Å². The van der Waals surface area contributed by atoms with Gasteiger partial charge < -0.3 is 10.1 Å². The first-order valence-electron chi connectivity index (χ1n) is 8.13. The molecule has 112 valence electrons. The highest BCUT2D eigenvalue weighted by atomic mass is 16.5. The molecule has 19 heavy (non-hydrogen) atoms. The molecule has 2 heteroatoms. The first-order chi connectivity index (χ1) is 8.78. The van der Waals surface area contributed by atoms with E-state index < -0.39 is 0 Å². The van der Waals surface area contributed by atoms with E-state index in [0.29, 0.717) is 28.9 Å². The summed E-state index contributed by atoms with van der Waals surface area (Å²) >= 11 is 0. The van der Waals surface area contributed by atoms with Gasteiger partial charge in [-0.1, -0.05) is 41.5 Å². The van der Waals surface area contributed by atoms with Crippen LogP contribution in [0.3, 0.4) is 0 Å². The SMILES string of the molecule is CC(C)COC1CC(NCC2(C(C)C)CC2)C1(C)C. The maximum absolute atomic E-state index is 6.04. The summed E-state index contributed by atoms with van der Waals surface area (Å²) in [5.41, 5.74) is 0.905. The minimum Gasteiger partial charge on any atom is -0.377 e. The third-order valence-electron chi connectivity index (χ3n) is 5.63. The molecule has 2 rings (SSSR count). The lowest BCUT2D eigenvalue weighted by Gasteiger charge is -2.52. The molecule has 2 aliphatic carbocycles. The first-order valence-corrected chi connectivity index (χ1v) is 8.13. The Bertz CT molecular complexity index is 304. The van der Waals surface area contributed by atoms with Crippen molar-refractivity contribution in [2.24, 2.45) is 22.7 Å². The van der Waals surface area contributed by atoms with Crippen LogP contribution in [-0.2, 0) is 4.74 Å². The van der Waals surface area contributed by atoms with Crippen molar-refractivity contribution in [3.63, 3.8) is 0 Å². The van der Waals surface area contributed by atoms with Crippen LogP contribution in [0.4, 0.5) is 0 Å². The lowest BCUT2D eigenvalue weighted by atomic mass is 9.64. The fourth-order valence-corrected chi connectivity index (χ4v) is 3.27. The third-order valence-corrected chi connectivity index (χ3v) is 5.63. The van der Waals surface area contributed by atoms with Gasteiger partial charge in [0.25, 0.3) is 0 Å². The number of nitrogens with one attached hydrogen (secondary N) is 1. The Morgan fingerprint density at radius 1 is 1.16 bits per heavy atom. The van der Waals surface area contributed by atoms with E-state index >= 15 is 0 Å². The van der Waals surface area contributed by atoms with Gasteiger partial charge >= 0.3 is 0 Å². The first kappa shape index (κ1) is 15.3. The van der Waals surface area contributed by atoms with Gasteiger partial charge in [-0.25, -0.2) is 0 Å². The van der Waals surface area contributed by atoms with E-state index in [9.17, 15) is 0 Å². The zero-order chi connectivity index (χ0) is 14.3. The van der Waals surface area contributed by atoms with E-state index in [0.717, 1.165) is 12.5 Å². The maximum Gasteiger partial charge on any atom is 0.0656 e. The largest absolute Gasteiger partial charge is 0.377 e. The van der Waals surface area contributed by atoms with Crippen LogP contribution in [0, 0.1) is 22.7 Å². The van der Waals surface area contributed by atoms with Crippen molar-refractivity contribution in [2.45, 2.75) is 73.0 Å². The Morgan fingerprint density at radius 2 is 1.79 bits per heavy atom.